The number of aryl methyl sites for hydroxylation is 1. The van der Waals surface area contributed by atoms with Crippen molar-refractivity contribution in [2.75, 3.05) is 11.7 Å². The summed E-state index contributed by atoms with van der Waals surface area (Å²) in [6.45, 7) is 4.45. The molecule has 4 rings (SSSR count). The van der Waals surface area contributed by atoms with Crippen LogP contribution in [0.4, 0.5) is 11.6 Å². The Hall–Kier alpha value is -2.93. The molecule has 0 saturated heterocycles. The van der Waals surface area contributed by atoms with Crippen LogP contribution in [0, 0.1) is 13.8 Å². The van der Waals surface area contributed by atoms with Crippen molar-refractivity contribution in [3.05, 3.63) is 44.2 Å². The molecule has 3 heterocycles. The van der Waals surface area contributed by atoms with Crippen LogP contribution >= 0.6 is 22.9 Å². The maximum absolute atomic E-state index is 13.7. The second-order valence-corrected chi connectivity index (χ2v) is 9.70. The first-order valence-corrected chi connectivity index (χ1v) is 11.8. The molecule has 10 nitrogen and oxygen atoms in total. The topological polar surface area (TPSA) is 142 Å². The zero-order valence-electron chi connectivity index (χ0n) is 17.0. The number of anilines is 2. The molecular formula is C19H16ClN3O7S2. The number of thiophene rings is 1. The molecule has 0 bridgehead atoms. The number of aromatic nitrogens is 1. The van der Waals surface area contributed by atoms with Gasteiger partial charge in [-0.15, -0.1) is 11.3 Å². The van der Waals surface area contributed by atoms with Gasteiger partial charge in [0.2, 0.25) is 16.8 Å². The summed E-state index contributed by atoms with van der Waals surface area (Å²) in [4.78, 5) is 26.8. The first kappa shape index (κ1) is 22.3. The van der Waals surface area contributed by atoms with Gasteiger partial charge in [-0.1, -0.05) is 16.8 Å². The van der Waals surface area contributed by atoms with Crippen LogP contribution in [-0.2, 0) is 10.0 Å². The summed E-state index contributed by atoms with van der Waals surface area (Å²) in [5.41, 5.74) is 0.884. The van der Waals surface area contributed by atoms with Crippen molar-refractivity contribution in [2.24, 2.45) is 5.14 Å². The summed E-state index contributed by atoms with van der Waals surface area (Å²) in [7, 11) is -4.21. The lowest BCUT2D eigenvalue weighted by Gasteiger charge is -2.24. The van der Waals surface area contributed by atoms with E-state index in [4.69, 9.17) is 30.7 Å². The van der Waals surface area contributed by atoms with Gasteiger partial charge < -0.3 is 14.0 Å². The lowest BCUT2D eigenvalue weighted by Crippen LogP contribution is -2.29. The maximum Gasteiger partial charge on any atom is 0.276 e. The zero-order chi connectivity index (χ0) is 23.4. The van der Waals surface area contributed by atoms with Gasteiger partial charge in [0.25, 0.3) is 11.8 Å². The van der Waals surface area contributed by atoms with Crippen LogP contribution in [0.15, 0.2) is 26.9 Å². The van der Waals surface area contributed by atoms with Gasteiger partial charge in [-0.25, -0.2) is 18.5 Å². The number of nitrogens with two attached hydrogens (primary N) is 1. The molecule has 2 aromatic heterocycles. The lowest BCUT2D eigenvalue weighted by atomic mass is 10.0. The lowest BCUT2D eigenvalue weighted by molar-refractivity contribution is 0.0995. The summed E-state index contributed by atoms with van der Waals surface area (Å²) in [6.07, 6.45) is 0. The molecule has 1 aliphatic rings. The van der Waals surface area contributed by atoms with Gasteiger partial charge in [0.15, 0.2) is 17.3 Å². The van der Waals surface area contributed by atoms with Gasteiger partial charge in [-0.05, 0) is 38.3 Å². The third kappa shape index (κ3) is 3.54. The number of hydrogen-bond donors (Lipinski definition) is 1. The smallest absolute Gasteiger partial charge is 0.276 e. The molecule has 0 atom stereocenters. The first-order valence-electron chi connectivity index (χ1n) is 9.03. The highest BCUT2D eigenvalue weighted by molar-refractivity contribution is 7.89. The Kier molecular flexibility index (Phi) is 5.49. The number of primary sulfonamides is 1. The Balaban J connectivity index is 2.04. The first-order chi connectivity index (χ1) is 15.0. The summed E-state index contributed by atoms with van der Waals surface area (Å²) < 4.78 is 40.3. The number of ketones is 1. The number of ether oxygens (including phenoxy) is 2. The standard InChI is InChI=1S/C19H16ClN3O7S2/c1-8-15(11(10(3)24)6-12-16(8)29-7-28-12)23(19-14(20)9(2)22-30-19)18(25)17-13(4-5-31-17)32(21,26)27/h4-6H,7H2,1-3H3,(H2,21,26,27). The molecule has 13 heteroatoms. The monoisotopic (exact) mass is 497 g/mol. The van der Waals surface area contributed by atoms with E-state index in [2.05, 4.69) is 5.16 Å². The second-order valence-electron chi connectivity index (χ2n) is 6.87. The van der Waals surface area contributed by atoms with Gasteiger partial charge in [0.1, 0.15) is 20.5 Å². The van der Waals surface area contributed by atoms with E-state index in [9.17, 15) is 18.0 Å². The molecule has 1 amide bonds. The molecule has 1 aromatic carbocycles. The van der Waals surface area contributed by atoms with Crippen LogP contribution in [0.1, 0.15) is 38.2 Å². The van der Waals surface area contributed by atoms with Crippen LogP contribution in [0.5, 0.6) is 11.5 Å². The zero-order valence-corrected chi connectivity index (χ0v) is 19.4. The number of hydrogen-bond acceptors (Lipinski definition) is 9. The number of rotatable bonds is 5. The fraction of sp³-hybridized carbons (Fsp3) is 0.211. The molecule has 1 aliphatic heterocycles. The van der Waals surface area contributed by atoms with Gasteiger partial charge in [-0.3, -0.25) is 9.59 Å². The van der Waals surface area contributed by atoms with E-state index in [1.165, 1.54) is 24.4 Å². The molecule has 0 radical (unpaired) electrons. The fourth-order valence-corrected chi connectivity index (χ4v) is 5.37. The molecule has 2 N–H and O–H groups in total. The van der Waals surface area contributed by atoms with Gasteiger partial charge in [0, 0.05) is 11.1 Å². The highest BCUT2D eigenvalue weighted by Gasteiger charge is 2.36. The highest BCUT2D eigenvalue weighted by atomic mass is 35.5. The Bertz CT molecular complexity index is 1380. The van der Waals surface area contributed by atoms with Crippen molar-refractivity contribution >= 4 is 56.2 Å². The average Bonchev–Trinajstić information content (AvgIpc) is 3.45. The number of sulfonamides is 1. The maximum atomic E-state index is 13.7. The number of benzene rings is 1. The van der Waals surface area contributed by atoms with Crippen LogP contribution < -0.4 is 19.5 Å². The van der Waals surface area contributed by atoms with Crippen molar-refractivity contribution in [2.45, 2.75) is 25.7 Å². The van der Waals surface area contributed by atoms with E-state index in [0.717, 1.165) is 16.2 Å². The number of nitrogens with zero attached hydrogens (tertiary/aromatic N) is 2. The Morgan fingerprint density at radius 3 is 2.59 bits per heavy atom. The van der Waals surface area contributed by atoms with Crippen LogP contribution in [0.2, 0.25) is 5.02 Å². The SMILES string of the molecule is CC(=O)c1cc2c(c(C)c1N(C(=O)c1sccc1S(N)(=O)=O)c1onc(C)c1Cl)OCO2. The quantitative estimate of drug-likeness (QED) is 0.527. The molecule has 168 valence electrons. The predicted molar refractivity (Wildman–Crippen MR) is 116 cm³/mol. The Labute approximate surface area is 191 Å². The molecule has 0 fully saturated rings. The van der Waals surface area contributed by atoms with Crippen LogP contribution in [0.3, 0.4) is 0 Å². The number of carbonyl (C=O) groups excluding carboxylic acids is 2. The fourth-order valence-electron chi connectivity index (χ4n) is 3.31. The minimum absolute atomic E-state index is 0.0126. The number of halogens is 1. The highest BCUT2D eigenvalue weighted by Crippen LogP contribution is 2.47. The Morgan fingerprint density at radius 1 is 1.28 bits per heavy atom. The third-order valence-electron chi connectivity index (χ3n) is 4.78. The van der Waals surface area contributed by atoms with Crippen molar-refractivity contribution in [3.63, 3.8) is 0 Å². The number of Topliss-reactive ketones (excluding diaryl/α,β-unsaturated/α-hetero) is 1. The van der Waals surface area contributed by atoms with Gasteiger partial charge >= 0.3 is 0 Å². The summed E-state index contributed by atoms with van der Waals surface area (Å²) in [6, 6.07) is 2.66. The Morgan fingerprint density at radius 2 is 2.00 bits per heavy atom. The second kappa shape index (κ2) is 7.89. The number of carbonyl (C=O) groups is 2. The number of fused-ring (bicyclic) bond motifs is 1. The van der Waals surface area contributed by atoms with Crippen LogP contribution in [0.25, 0.3) is 0 Å². The van der Waals surface area contributed by atoms with E-state index in [1.807, 2.05) is 0 Å². The van der Waals surface area contributed by atoms with Crippen LogP contribution in [-0.4, -0.2) is 32.1 Å². The van der Waals surface area contributed by atoms with E-state index < -0.39 is 15.9 Å². The predicted octanol–water partition coefficient (Wildman–Crippen LogP) is 3.56. The van der Waals surface area contributed by atoms with Crippen molar-refractivity contribution < 1.29 is 32.0 Å². The minimum Gasteiger partial charge on any atom is -0.454 e. The summed E-state index contributed by atoms with van der Waals surface area (Å²) in [5, 5.41) is 10.5. The van der Waals surface area contributed by atoms with E-state index >= 15 is 0 Å². The molecular weight excluding hydrogens is 482 g/mol. The van der Waals surface area contributed by atoms with Crippen molar-refractivity contribution in [3.8, 4) is 11.5 Å². The molecule has 0 unspecified atom stereocenters. The van der Waals surface area contributed by atoms with E-state index in [1.54, 1.807) is 13.8 Å². The summed E-state index contributed by atoms with van der Waals surface area (Å²) >= 11 is 7.22. The molecule has 32 heavy (non-hydrogen) atoms. The van der Waals surface area contributed by atoms with Crippen molar-refractivity contribution in [1.82, 2.24) is 5.16 Å². The molecule has 0 aliphatic carbocycles. The number of amides is 1. The largest absolute Gasteiger partial charge is 0.454 e. The molecule has 3 aromatic rings. The average molecular weight is 498 g/mol. The molecule has 0 spiro atoms. The van der Waals surface area contributed by atoms with Gasteiger partial charge in [0.05, 0.1) is 5.69 Å². The third-order valence-corrected chi connectivity index (χ3v) is 7.20. The van der Waals surface area contributed by atoms with E-state index in [0.29, 0.717) is 22.8 Å². The molecule has 0 saturated carbocycles. The normalized spacial score (nSPS) is 12.8. The minimum atomic E-state index is -4.21. The van der Waals surface area contributed by atoms with Gasteiger partial charge in [-0.2, -0.15) is 0 Å². The van der Waals surface area contributed by atoms with Crippen molar-refractivity contribution in [1.29, 1.82) is 0 Å². The summed E-state index contributed by atoms with van der Waals surface area (Å²) in [5.74, 6) is -0.735. The van der Waals surface area contributed by atoms with E-state index in [-0.39, 0.29) is 44.5 Å².